The molecule has 1 amide bonds. The fourth-order valence-electron chi connectivity index (χ4n) is 3.34. The Bertz CT molecular complexity index is 627. The van der Waals surface area contributed by atoms with Crippen LogP contribution in [0.25, 0.3) is 10.8 Å². The number of fused-ring (bicyclic) bond motifs is 1. The Morgan fingerprint density at radius 1 is 1.10 bits per heavy atom. The predicted octanol–water partition coefficient (Wildman–Crippen LogP) is 3.22. The van der Waals surface area contributed by atoms with Crippen molar-refractivity contribution in [2.75, 3.05) is 13.2 Å². The lowest BCUT2D eigenvalue weighted by atomic mass is 10.0. The molecule has 1 aliphatic carbocycles. The molecule has 0 bridgehead atoms. The lowest BCUT2D eigenvalue weighted by Gasteiger charge is -2.29. The Kier molecular flexibility index (Phi) is 4.20. The first-order chi connectivity index (χ1) is 10.3. The molecule has 1 saturated carbocycles. The second-order valence-corrected chi connectivity index (χ2v) is 5.69. The third-order valence-electron chi connectivity index (χ3n) is 4.39. The zero-order valence-electron chi connectivity index (χ0n) is 12.2. The quantitative estimate of drug-likeness (QED) is 0.936. The van der Waals surface area contributed by atoms with Crippen LogP contribution in [0.4, 0.5) is 0 Å². The topological polar surface area (TPSA) is 40.5 Å². The van der Waals surface area contributed by atoms with E-state index < -0.39 is 0 Å². The first-order valence-corrected chi connectivity index (χ1v) is 7.71. The van der Waals surface area contributed by atoms with Crippen molar-refractivity contribution in [1.29, 1.82) is 0 Å². The molecule has 0 saturated heterocycles. The third kappa shape index (κ3) is 2.79. The molecule has 3 nitrogen and oxygen atoms in total. The highest BCUT2D eigenvalue weighted by Gasteiger charge is 2.27. The van der Waals surface area contributed by atoms with Gasteiger partial charge in [-0.3, -0.25) is 4.79 Å². The number of rotatable bonds is 4. The van der Waals surface area contributed by atoms with E-state index in [4.69, 9.17) is 0 Å². The van der Waals surface area contributed by atoms with Gasteiger partial charge in [0.1, 0.15) is 0 Å². The number of nitrogens with zero attached hydrogens (tertiary/aromatic N) is 1. The van der Waals surface area contributed by atoms with E-state index in [9.17, 15) is 9.90 Å². The maximum absolute atomic E-state index is 13.0. The lowest BCUT2D eigenvalue weighted by molar-refractivity contribution is 0.0640. The van der Waals surface area contributed by atoms with Crippen molar-refractivity contribution in [1.82, 2.24) is 4.90 Å². The van der Waals surface area contributed by atoms with E-state index in [1.54, 1.807) is 0 Å². The van der Waals surface area contributed by atoms with Crippen molar-refractivity contribution in [3.05, 3.63) is 48.0 Å². The summed E-state index contributed by atoms with van der Waals surface area (Å²) < 4.78 is 0. The smallest absolute Gasteiger partial charge is 0.254 e. The predicted molar refractivity (Wildman–Crippen MR) is 84.3 cm³/mol. The van der Waals surface area contributed by atoms with Gasteiger partial charge < -0.3 is 10.0 Å². The first kappa shape index (κ1) is 14.1. The summed E-state index contributed by atoms with van der Waals surface area (Å²) in [6, 6.07) is 14.1. The van der Waals surface area contributed by atoms with Crippen molar-refractivity contribution in [3.8, 4) is 0 Å². The molecular formula is C18H21NO2. The third-order valence-corrected chi connectivity index (χ3v) is 4.39. The van der Waals surface area contributed by atoms with Crippen molar-refractivity contribution in [2.45, 2.75) is 31.7 Å². The summed E-state index contributed by atoms with van der Waals surface area (Å²) in [4.78, 5) is 14.8. The van der Waals surface area contributed by atoms with Gasteiger partial charge in [0.05, 0.1) is 6.61 Å². The average Bonchev–Trinajstić information content (AvgIpc) is 3.05. The van der Waals surface area contributed by atoms with Crippen molar-refractivity contribution >= 4 is 16.7 Å². The maximum atomic E-state index is 13.0. The molecule has 2 aromatic carbocycles. The molecule has 1 N–H and O–H groups in total. The molecule has 0 heterocycles. The minimum atomic E-state index is 0.0208. The monoisotopic (exact) mass is 283 g/mol. The Morgan fingerprint density at radius 3 is 2.57 bits per heavy atom. The Labute approximate surface area is 125 Å². The first-order valence-electron chi connectivity index (χ1n) is 7.71. The minimum Gasteiger partial charge on any atom is -0.395 e. The molecule has 1 aliphatic rings. The van der Waals surface area contributed by atoms with Gasteiger partial charge in [-0.2, -0.15) is 0 Å². The van der Waals surface area contributed by atoms with Crippen LogP contribution in [0, 0.1) is 0 Å². The molecule has 110 valence electrons. The zero-order valence-corrected chi connectivity index (χ0v) is 12.2. The van der Waals surface area contributed by atoms with Gasteiger partial charge in [0.15, 0.2) is 0 Å². The van der Waals surface area contributed by atoms with Gasteiger partial charge in [0.25, 0.3) is 5.91 Å². The van der Waals surface area contributed by atoms with Crippen LogP contribution in [0.1, 0.15) is 36.0 Å². The molecule has 0 aliphatic heterocycles. The van der Waals surface area contributed by atoms with Gasteiger partial charge >= 0.3 is 0 Å². The molecule has 0 unspecified atom stereocenters. The van der Waals surface area contributed by atoms with E-state index in [1.165, 1.54) is 12.8 Å². The van der Waals surface area contributed by atoms with E-state index in [1.807, 2.05) is 47.4 Å². The zero-order chi connectivity index (χ0) is 14.7. The fraction of sp³-hybridized carbons (Fsp3) is 0.389. The highest BCUT2D eigenvalue weighted by atomic mass is 16.3. The van der Waals surface area contributed by atoms with Gasteiger partial charge in [-0.1, -0.05) is 49.2 Å². The van der Waals surface area contributed by atoms with Gasteiger partial charge in [0.2, 0.25) is 0 Å². The summed E-state index contributed by atoms with van der Waals surface area (Å²) >= 11 is 0. The Morgan fingerprint density at radius 2 is 1.81 bits per heavy atom. The van der Waals surface area contributed by atoms with Crippen molar-refractivity contribution in [3.63, 3.8) is 0 Å². The number of aliphatic hydroxyl groups excluding tert-OH is 1. The van der Waals surface area contributed by atoms with E-state index in [0.717, 1.165) is 29.2 Å². The molecule has 3 rings (SSSR count). The van der Waals surface area contributed by atoms with Crippen LogP contribution in [-0.4, -0.2) is 35.1 Å². The SMILES string of the molecule is O=C(c1cccc2ccccc12)N(CCO)C1CCCC1. The van der Waals surface area contributed by atoms with E-state index in [0.29, 0.717) is 6.54 Å². The normalized spacial score (nSPS) is 15.5. The van der Waals surface area contributed by atoms with Crippen LogP contribution in [0.5, 0.6) is 0 Å². The Balaban J connectivity index is 1.97. The van der Waals surface area contributed by atoms with Crippen LogP contribution < -0.4 is 0 Å². The highest BCUT2D eigenvalue weighted by molar-refractivity contribution is 6.07. The molecule has 2 aromatic rings. The molecule has 3 heteroatoms. The number of hydrogen-bond acceptors (Lipinski definition) is 2. The molecule has 0 atom stereocenters. The molecule has 1 fully saturated rings. The molecule has 21 heavy (non-hydrogen) atoms. The molecule has 0 spiro atoms. The number of hydrogen-bond donors (Lipinski definition) is 1. The van der Waals surface area contributed by atoms with Gasteiger partial charge in [-0.05, 0) is 29.7 Å². The molecular weight excluding hydrogens is 262 g/mol. The fourth-order valence-corrected chi connectivity index (χ4v) is 3.34. The number of carbonyl (C=O) groups is 1. The molecule has 0 radical (unpaired) electrons. The number of carbonyl (C=O) groups excluding carboxylic acids is 1. The van der Waals surface area contributed by atoms with Crippen LogP contribution in [-0.2, 0) is 0 Å². The number of benzene rings is 2. The number of aliphatic hydroxyl groups is 1. The van der Waals surface area contributed by atoms with Crippen LogP contribution >= 0.6 is 0 Å². The summed E-state index contributed by atoms with van der Waals surface area (Å²) in [6.07, 6.45) is 4.46. The second-order valence-electron chi connectivity index (χ2n) is 5.69. The van der Waals surface area contributed by atoms with Gasteiger partial charge in [-0.25, -0.2) is 0 Å². The largest absolute Gasteiger partial charge is 0.395 e. The van der Waals surface area contributed by atoms with Crippen molar-refractivity contribution < 1.29 is 9.90 Å². The number of amides is 1. The van der Waals surface area contributed by atoms with Crippen LogP contribution in [0.15, 0.2) is 42.5 Å². The lowest BCUT2D eigenvalue weighted by Crippen LogP contribution is -2.40. The highest BCUT2D eigenvalue weighted by Crippen LogP contribution is 2.27. The minimum absolute atomic E-state index is 0.0208. The summed E-state index contributed by atoms with van der Waals surface area (Å²) in [5.41, 5.74) is 0.744. The van der Waals surface area contributed by atoms with Gasteiger partial charge in [-0.15, -0.1) is 0 Å². The second kappa shape index (κ2) is 6.27. The molecule has 0 aromatic heterocycles. The van der Waals surface area contributed by atoms with Gasteiger partial charge in [0, 0.05) is 18.2 Å². The van der Waals surface area contributed by atoms with E-state index in [-0.39, 0.29) is 18.6 Å². The standard InChI is InChI=1S/C18H21NO2/c20-13-12-19(15-8-2-3-9-15)18(21)17-11-5-7-14-6-1-4-10-16(14)17/h1,4-7,10-11,15,20H,2-3,8-9,12-13H2. The van der Waals surface area contributed by atoms with Crippen molar-refractivity contribution in [2.24, 2.45) is 0 Å². The van der Waals surface area contributed by atoms with E-state index in [2.05, 4.69) is 0 Å². The summed E-state index contributed by atoms with van der Waals surface area (Å²) in [7, 11) is 0. The summed E-state index contributed by atoms with van der Waals surface area (Å²) in [5.74, 6) is 0.0488. The van der Waals surface area contributed by atoms with Crippen LogP contribution in [0.2, 0.25) is 0 Å². The van der Waals surface area contributed by atoms with Crippen LogP contribution in [0.3, 0.4) is 0 Å². The Hall–Kier alpha value is -1.87. The maximum Gasteiger partial charge on any atom is 0.254 e. The average molecular weight is 283 g/mol. The summed E-state index contributed by atoms with van der Waals surface area (Å²) in [5, 5.41) is 11.4. The summed E-state index contributed by atoms with van der Waals surface area (Å²) in [6.45, 7) is 0.444. The van der Waals surface area contributed by atoms with E-state index >= 15 is 0 Å².